The van der Waals surface area contributed by atoms with Crippen LogP contribution in [0.15, 0.2) is 47.8 Å². The van der Waals surface area contributed by atoms with Crippen molar-refractivity contribution < 1.29 is 9.90 Å². The molecule has 1 aliphatic heterocycles. The first-order valence-corrected chi connectivity index (χ1v) is 11.9. The minimum Gasteiger partial charge on any atom is -0.375 e. The fourth-order valence-corrected chi connectivity index (χ4v) is 6.35. The molecular formula is C24H30N2O2S. The molecule has 1 amide bonds. The van der Waals surface area contributed by atoms with E-state index in [2.05, 4.69) is 27.7 Å². The van der Waals surface area contributed by atoms with Crippen LogP contribution in [0, 0.1) is 17.8 Å². The topological polar surface area (TPSA) is 52.6 Å². The Morgan fingerprint density at radius 2 is 1.79 bits per heavy atom. The van der Waals surface area contributed by atoms with Crippen LogP contribution in [0.4, 0.5) is 0 Å². The van der Waals surface area contributed by atoms with Crippen molar-refractivity contribution in [3.05, 3.63) is 58.3 Å². The molecule has 2 N–H and O–H groups in total. The minimum atomic E-state index is -1.41. The normalized spacial score (nSPS) is 29.2. The first-order chi connectivity index (χ1) is 14.2. The van der Waals surface area contributed by atoms with E-state index in [0.29, 0.717) is 11.8 Å². The zero-order valence-electron chi connectivity index (χ0n) is 16.8. The lowest BCUT2D eigenvalue weighted by Gasteiger charge is -2.38. The highest BCUT2D eigenvalue weighted by molar-refractivity contribution is 7.09. The van der Waals surface area contributed by atoms with E-state index in [-0.39, 0.29) is 17.9 Å². The van der Waals surface area contributed by atoms with Gasteiger partial charge in [0, 0.05) is 36.5 Å². The van der Waals surface area contributed by atoms with E-state index in [1.165, 1.54) is 11.3 Å². The molecule has 2 aliphatic carbocycles. The molecule has 1 aromatic carbocycles. The number of likely N-dealkylation sites (tertiary alicyclic amines) is 1. The molecule has 1 saturated heterocycles. The maximum absolute atomic E-state index is 13.4. The van der Waals surface area contributed by atoms with Crippen LogP contribution in [0.1, 0.15) is 42.5 Å². The summed E-state index contributed by atoms with van der Waals surface area (Å²) in [4.78, 5) is 17.3. The molecule has 5 rings (SSSR count). The highest BCUT2D eigenvalue weighted by Gasteiger charge is 2.58. The Bertz CT molecular complexity index is 822. The molecule has 1 aromatic heterocycles. The Labute approximate surface area is 176 Å². The number of piperidine rings is 1. The van der Waals surface area contributed by atoms with E-state index in [9.17, 15) is 9.90 Å². The van der Waals surface area contributed by atoms with Gasteiger partial charge in [0.05, 0.1) is 0 Å². The van der Waals surface area contributed by atoms with E-state index in [1.54, 1.807) is 0 Å². The summed E-state index contributed by atoms with van der Waals surface area (Å²) in [6.45, 7) is 3.10. The first-order valence-electron chi connectivity index (χ1n) is 11.0. The van der Waals surface area contributed by atoms with Gasteiger partial charge in [-0.1, -0.05) is 55.7 Å². The highest BCUT2D eigenvalue weighted by Crippen LogP contribution is 2.47. The number of aliphatic hydroxyl groups is 1. The summed E-state index contributed by atoms with van der Waals surface area (Å²) in [5, 5.41) is 17.1. The third kappa shape index (κ3) is 3.65. The summed E-state index contributed by atoms with van der Waals surface area (Å²) in [6, 6.07) is 14.1. The Morgan fingerprint density at radius 1 is 1.07 bits per heavy atom. The van der Waals surface area contributed by atoms with Crippen LogP contribution in [-0.4, -0.2) is 35.0 Å². The predicted molar refractivity (Wildman–Crippen MR) is 115 cm³/mol. The molecule has 4 nitrogen and oxygen atoms in total. The Kier molecular flexibility index (Phi) is 5.23. The first kappa shape index (κ1) is 19.3. The number of thiophene rings is 1. The summed E-state index contributed by atoms with van der Waals surface area (Å²) in [5.41, 5.74) is -0.663. The number of benzene rings is 1. The standard InChI is InChI=1S/C24H30N2O2S/c27-23(24(28,17-8-3-1-4-9-17)18-10-5-2-6-11-18)25-22-20-15-26(16-21(20)22)14-19-12-7-13-29-19/h1,3-4,7-9,12-13,18,20-22,28H,2,5-6,10-11,14-16H2,(H,25,27). The van der Waals surface area contributed by atoms with Crippen LogP contribution in [-0.2, 0) is 16.9 Å². The molecule has 3 aliphatic rings. The molecular weight excluding hydrogens is 380 g/mol. The van der Waals surface area contributed by atoms with Crippen molar-refractivity contribution in [2.24, 2.45) is 17.8 Å². The summed E-state index contributed by atoms with van der Waals surface area (Å²) >= 11 is 1.81. The summed E-state index contributed by atoms with van der Waals surface area (Å²) in [7, 11) is 0. The second-order valence-electron chi connectivity index (χ2n) is 9.07. The summed E-state index contributed by atoms with van der Waals surface area (Å²) in [5.74, 6) is 0.892. The van der Waals surface area contributed by atoms with E-state index in [1.807, 2.05) is 41.7 Å². The number of amides is 1. The summed E-state index contributed by atoms with van der Waals surface area (Å²) in [6.07, 6.45) is 5.24. The average Bonchev–Trinajstić information content (AvgIpc) is 3.15. The van der Waals surface area contributed by atoms with Gasteiger partial charge in [-0.05, 0) is 41.7 Å². The molecule has 2 aromatic rings. The van der Waals surface area contributed by atoms with Crippen LogP contribution >= 0.6 is 11.3 Å². The van der Waals surface area contributed by atoms with Gasteiger partial charge in [0.1, 0.15) is 0 Å². The van der Waals surface area contributed by atoms with Gasteiger partial charge in [0.2, 0.25) is 0 Å². The Balaban J connectivity index is 1.25. The lowest BCUT2D eigenvalue weighted by atomic mass is 9.73. The number of carbonyl (C=O) groups excluding carboxylic acids is 1. The molecule has 5 heteroatoms. The minimum absolute atomic E-state index is 0.00701. The number of fused-ring (bicyclic) bond motifs is 1. The molecule has 3 unspecified atom stereocenters. The van der Waals surface area contributed by atoms with Crippen molar-refractivity contribution in [3.8, 4) is 0 Å². The highest BCUT2D eigenvalue weighted by atomic mass is 32.1. The van der Waals surface area contributed by atoms with Crippen LogP contribution in [0.5, 0.6) is 0 Å². The van der Waals surface area contributed by atoms with E-state index >= 15 is 0 Å². The predicted octanol–water partition coefficient (Wildman–Crippen LogP) is 3.76. The van der Waals surface area contributed by atoms with Crippen molar-refractivity contribution >= 4 is 17.2 Å². The van der Waals surface area contributed by atoms with E-state index < -0.39 is 5.60 Å². The van der Waals surface area contributed by atoms with Crippen LogP contribution in [0.3, 0.4) is 0 Å². The lowest BCUT2D eigenvalue weighted by Crippen LogP contribution is -2.51. The van der Waals surface area contributed by atoms with Crippen molar-refractivity contribution in [1.29, 1.82) is 0 Å². The van der Waals surface area contributed by atoms with Crippen LogP contribution < -0.4 is 5.32 Å². The molecule has 0 bridgehead atoms. The molecule has 2 heterocycles. The third-order valence-electron chi connectivity index (χ3n) is 7.28. The van der Waals surface area contributed by atoms with Gasteiger partial charge < -0.3 is 10.4 Å². The zero-order valence-corrected chi connectivity index (χ0v) is 17.6. The van der Waals surface area contributed by atoms with Gasteiger partial charge in [0.15, 0.2) is 5.60 Å². The van der Waals surface area contributed by atoms with Gasteiger partial charge in [-0.3, -0.25) is 9.69 Å². The maximum atomic E-state index is 13.4. The van der Waals surface area contributed by atoms with Crippen molar-refractivity contribution in [2.45, 2.75) is 50.3 Å². The molecule has 29 heavy (non-hydrogen) atoms. The van der Waals surface area contributed by atoms with Gasteiger partial charge in [-0.25, -0.2) is 0 Å². The lowest BCUT2D eigenvalue weighted by molar-refractivity contribution is -0.149. The number of rotatable bonds is 6. The van der Waals surface area contributed by atoms with Crippen molar-refractivity contribution in [2.75, 3.05) is 13.1 Å². The molecule has 154 valence electrons. The number of nitrogens with one attached hydrogen (secondary N) is 1. The molecule has 3 fully saturated rings. The quantitative estimate of drug-likeness (QED) is 0.762. The second kappa shape index (κ2) is 7.86. The number of hydrogen-bond acceptors (Lipinski definition) is 4. The number of hydrogen-bond donors (Lipinski definition) is 2. The van der Waals surface area contributed by atoms with Crippen LogP contribution in [0.2, 0.25) is 0 Å². The maximum Gasteiger partial charge on any atom is 0.257 e. The zero-order chi connectivity index (χ0) is 19.8. The van der Waals surface area contributed by atoms with Crippen molar-refractivity contribution in [1.82, 2.24) is 10.2 Å². The second-order valence-corrected chi connectivity index (χ2v) is 10.1. The largest absolute Gasteiger partial charge is 0.375 e. The Morgan fingerprint density at radius 3 is 2.45 bits per heavy atom. The van der Waals surface area contributed by atoms with E-state index in [0.717, 1.165) is 50.9 Å². The Hall–Kier alpha value is -1.69. The SMILES string of the molecule is O=C(NC1C2CN(Cc3cccs3)CC21)C(O)(c1ccccc1)C1CCCCC1. The van der Waals surface area contributed by atoms with Gasteiger partial charge in [-0.15, -0.1) is 11.3 Å². The van der Waals surface area contributed by atoms with E-state index in [4.69, 9.17) is 0 Å². The van der Waals surface area contributed by atoms with Crippen LogP contribution in [0.25, 0.3) is 0 Å². The van der Waals surface area contributed by atoms with Crippen molar-refractivity contribution in [3.63, 3.8) is 0 Å². The fraction of sp³-hybridized carbons (Fsp3) is 0.542. The molecule has 0 spiro atoms. The van der Waals surface area contributed by atoms with Gasteiger partial charge in [-0.2, -0.15) is 0 Å². The smallest absolute Gasteiger partial charge is 0.257 e. The number of carbonyl (C=O) groups is 1. The monoisotopic (exact) mass is 410 g/mol. The third-order valence-corrected chi connectivity index (χ3v) is 8.14. The molecule has 3 atom stereocenters. The average molecular weight is 411 g/mol. The van der Waals surface area contributed by atoms with Gasteiger partial charge >= 0.3 is 0 Å². The molecule has 2 saturated carbocycles. The summed E-state index contributed by atoms with van der Waals surface area (Å²) < 4.78 is 0. The fourth-order valence-electron chi connectivity index (χ4n) is 5.61. The molecule has 0 radical (unpaired) electrons. The number of nitrogens with zero attached hydrogens (tertiary/aromatic N) is 1. The van der Waals surface area contributed by atoms with Gasteiger partial charge in [0.25, 0.3) is 5.91 Å².